The van der Waals surface area contributed by atoms with E-state index in [1.165, 1.54) is 0 Å². The number of methoxy groups -OCH3 is 3. The first-order chi connectivity index (χ1) is 12.9. The van der Waals surface area contributed by atoms with Gasteiger partial charge in [0.1, 0.15) is 12.6 Å². The van der Waals surface area contributed by atoms with Gasteiger partial charge in [0.2, 0.25) is 5.91 Å². The fourth-order valence-electron chi connectivity index (χ4n) is 2.25. The maximum Gasteiger partial charge on any atom is 0.329 e. The van der Waals surface area contributed by atoms with Crippen LogP contribution in [0.15, 0.2) is 30.3 Å². The van der Waals surface area contributed by atoms with Crippen molar-refractivity contribution in [3.63, 3.8) is 0 Å². The standard InChI is InChI=1S/C18H23NO8/c1-24-15(21)9-13(17(22)25-2)16(18(23)26-3)19-14(20)11-27-10-12-7-5-4-6-8-12/h4-8,13,16H,9-11H2,1-3H3,(H,19,20)/t13-,16+/m0/s1. The first-order valence-electron chi connectivity index (χ1n) is 8.06. The van der Waals surface area contributed by atoms with Gasteiger partial charge in [-0.2, -0.15) is 0 Å². The minimum atomic E-state index is -1.42. The molecule has 2 atom stereocenters. The molecule has 9 nitrogen and oxygen atoms in total. The minimum absolute atomic E-state index is 0.194. The summed E-state index contributed by atoms with van der Waals surface area (Å²) in [5.41, 5.74) is 0.868. The summed E-state index contributed by atoms with van der Waals surface area (Å²) in [5.74, 6) is -4.45. The molecular weight excluding hydrogens is 358 g/mol. The lowest BCUT2D eigenvalue weighted by Crippen LogP contribution is -2.51. The van der Waals surface area contributed by atoms with Gasteiger partial charge in [-0.1, -0.05) is 30.3 Å². The number of nitrogens with one attached hydrogen (secondary N) is 1. The van der Waals surface area contributed by atoms with E-state index in [1.54, 1.807) is 0 Å². The van der Waals surface area contributed by atoms with Gasteiger partial charge >= 0.3 is 17.9 Å². The summed E-state index contributed by atoms with van der Waals surface area (Å²) >= 11 is 0. The van der Waals surface area contributed by atoms with Crippen LogP contribution in [-0.4, -0.2) is 57.8 Å². The number of esters is 3. The van der Waals surface area contributed by atoms with Crippen LogP contribution in [0.25, 0.3) is 0 Å². The first-order valence-corrected chi connectivity index (χ1v) is 8.06. The molecular formula is C18H23NO8. The highest BCUT2D eigenvalue weighted by atomic mass is 16.5. The Bertz CT molecular complexity index is 646. The molecule has 0 unspecified atom stereocenters. The Morgan fingerprint density at radius 2 is 1.56 bits per heavy atom. The molecule has 1 aromatic rings. The Hall–Kier alpha value is -2.94. The maximum atomic E-state index is 12.1. The quantitative estimate of drug-likeness (QED) is 0.452. The molecule has 0 aliphatic carbocycles. The SMILES string of the molecule is COC(=O)C[C@H](C(=O)OC)[C@@H](NC(=O)COCc1ccccc1)C(=O)OC. The van der Waals surface area contributed by atoms with Crippen LogP contribution in [0.3, 0.4) is 0 Å². The van der Waals surface area contributed by atoms with Gasteiger partial charge in [0, 0.05) is 0 Å². The Morgan fingerprint density at radius 1 is 0.926 bits per heavy atom. The molecule has 1 amide bonds. The summed E-state index contributed by atoms with van der Waals surface area (Å²) in [4.78, 5) is 47.7. The van der Waals surface area contributed by atoms with Gasteiger partial charge in [0.05, 0.1) is 40.3 Å². The van der Waals surface area contributed by atoms with Gasteiger partial charge < -0.3 is 24.3 Å². The largest absolute Gasteiger partial charge is 0.469 e. The monoisotopic (exact) mass is 381 g/mol. The van der Waals surface area contributed by atoms with Crippen molar-refractivity contribution in [3.8, 4) is 0 Å². The molecule has 0 bridgehead atoms. The Morgan fingerprint density at radius 3 is 2.11 bits per heavy atom. The van der Waals surface area contributed by atoms with E-state index in [1.807, 2.05) is 30.3 Å². The number of carbonyl (C=O) groups excluding carboxylic acids is 4. The van der Waals surface area contributed by atoms with Gasteiger partial charge in [0.25, 0.3) is 0 Å². The van der Waals surface area contributed by atoms with Crippen molar-refractivity contribution >= 4 is 23.8 Å². The Kier molecular flexibility index (Phi) is 9.52. The Labute approximate surface area is 156 Å². The van der Waals surface area contributed by atoms with E-state index in [0.29, 0.717) is 0 Å². The molecule has 0 fully saturated rings. The smallest absolute Gasteiger partial charge is 0.329 e. The number of amides is 1. The molecule has 148 valence electrons. The minimum Gasteiger partial charge on any atom is -0.469 e. The summed E-state index contributed by atoms with van der Waals surface area (Å²) in [6, 6.07) is 7.76. The zero-order chi connectivity index (χ0) is 20.2. The second-order valence-corrected chi connectivity index (χ2v) is 5.46. The molecule has 0 saturated carbocycles. The van der Waals surface area contributed by atoms with Gasteiger partial charge in [0.15, 0.2) is 0 Å². The third-order valence-electron chi connectivity index (χ3n) is 3.64. The van der Waals surface area contributed by atoms with E-state index >= 15 is 0 Å². The summed E-state index contributed by atoms with van der Waals surface area (Å²) in [7, 11) is 3.34. The zero-order valence-electron chi connectivity index (χ0n) is 15.4. The van der Waals surface area contributed by atoms with Crippen molar-refractivity contribution in [1.29, 1.82) is 0 Å². The van der Waals surface area contributed by atoms with E-state index in [-0.39, 0.29) is 13.2 Å². The van der Waals surface area contributed by atoms with E-state index in [4.69, 9.17) is 4.74 Å². The first kappa shape index (κ1) is 22.1. The number of benzene rings is 1. The van der Waals surface area contributed by atoms with Crippen molar-refractivity contribution < 1.29 is 38.1 Å². The molecule has 0 aromatic heterocycles. The molecule has 0 aliphatic rings. The summed E-state index contributed by atoms with van der Waals surface area (Å²) in [5, 5.41) is 2.35. The van der Waals surface area contributed by atoms with Crippen LogP contribution in [0.5, 0.6) is 0 Å². The maximum absolute atomic E-state index is 12.1. The van der Waals surface area contributed by atoms with Gasteiger partial charge in [-0.3, -0.25) is 14.4 Å². The van der Waals surface area contributed by atoms with Crippen LogP contribution in [0.2, 0.25) is 0 Å². The normalized spacial score (nSPS) is 12.4. The van der Waals surface area contributed by atoms with Gasteiger partial charge in [-0.25, -0.2) is 4.79 Å². The number of ether oxygens (including phenoxy) is 4. The van der Waals surface area contributed by atoms with Crippen LogP contribution in [0.4, 0.5) is 0 Å². The molecule has 1 rings (SSSR count). The second-order valence-electron chi connectivity index (χ2n) is 5.46. The third kappa shape index (κ3) is 7.45. The van der Waals surface area contributed by atoms with Crippen LogP contribution >= 0.6 is 0 Å². The number of hydrogen-bond acceptors (Lipinski definition) is 8. The van der Waals surface area contributed by atoms with Crippen molar-refractivity contribution in [2.24, 2.45) is 5.92 Å². The number of rotatable bonds is 10. The lowest BCUT2D eigenvalue weighted by Gasteiger charge is -2.23. The van der Waals surface area contributed by atoms with Crippen LogP contribution in [0, 0.1) is 5.92 Å². The van der Waals surface area contributed by atoms with E-state index in [2.05, 4.69) is 19.5 Å². The zero-order valence-corrected chi connectivity index (χ0v) is 15.4. The molecule has 0 radical (unpaired) electrons. The lowest BCUT2D eigenvalue weighted by atomic mass is 9.96. The lowest BCUT2D eigenvalue weighted by molar-refractivity contribution is -0.159. The molecule has 0 heterocycles. The second kappa shape index (κ2) is 11.6. The third-order valence-corrected chi connectivity index (χ3v) is 3.64. The molecule has 1 N–H and O–H groups in total. The molecule has 0 saturated heterocycles. The van der Waals surface area contributed by atoms with E-state index in [0.717, 1.165) is 26.9 Å². The topological polar surface area (TPSA) is 117 Å². The molecule has 1 aromatic carbocycles. The predicted octanol–water partition coefficient (Wildman–Crippen LogP) is 0.213. The molecule has 9 heteroatoms. The van der Waals surface area contributed by atoms with Crippen molar-refractivity contribution in [2.45, 2.75) is 19.1 Å². The van der Waals surface area contributed by atoms with Gasteiger partial charge in [-0.05, 0) is 5.56 Å². The number of carbonyl (C=O) groups is 4. The molecule has 0 aliphatic heterocycles. The molecule has 0 spiro atoms. The summed E-state index contributed by atoms with van der Waals surface area (Å²) in [6.07, 6.45) is -0.464. The average molecular weight is 381 g/mol. The molecule has 27 heavy (non-hydrogen) atoms. The van der Waals surface area contributed by atoms with E-state index in [9.17, 15) is 19.2 Å². The predicted molar refractivity (Wildman–Crippen MR) is 92.2 cm³/mol. The van der Waals surface area contributed by atoms with Crippen LogP contribution in [0.1, 0.15) is 12.0 Å². The van der Waals surface area contributed by atoms with Crippen molar-refractivity contribution in [3.05, 3.63) is 35.9 Å². The average Bonchev–Trinajstić information content (AvgIpc) is 2.69. The summed E-state index contributed by atoms with van der Waals surface area (Å²) < 4.78 is 19.1. The van der Waals surface area contributed by atoms with Crippen LogP contribution < -0.4 is 5.32 Å². The Balaban J connectivity index is 2.75. The van der Waals surface area contributed by atoms with Crippen molar-refractivity contribution in [2.75, 3.05) is 27.9 Å². The van der Waals surface area contributed by atoms with Gasteiger partial charge in [-0.15, -0.1) is 0 Å². The van der Waals surface area contributed by atoms with Crippen molar-refractivity contribution in [1.82, 2.24) is 5.32 Å². The number of hydrogen-bond donors (Lipinski definition) is 1. The fraction of sp³-hybridized carbons (Fsp3) is 0.444. The van der Waals surface area contributed by atoms with E-state index < -0.39 is 42.2 Å². The highest BCUT2D eigenvalue weighted by Crippen LogP contribution is 2.14. The highest BCUT2D eigenvalue weighted by molar-refractivity contribution is 5.91. The fourth-order valence-corrected chi connectivity index (χ4v) is 2.25. The highest BCUT2D eigenvalue weighted by Gasteiger charge is 2.38. The van der Waals surface area contributed by atoms with Crippen LogP contribution in [-0.2, 0) is 44.7 Å². The summed E-state index contributed by atoms with van der Waals surface area (Å²) in [6.45, 7) is -0.158.